The van der Waals surface area contributed by atoms with Crippen molar-refractivity contribution in [3.8, 4) is 0 Å². The summed E-state index contributed by atoms with van der Waals surface area (Å²) < 4.78 is 0. The summed E-state index contributed by atoms with van der Waals surface area (Å²) in [5.41, 5.74) is 1.56. The Bertz CT molecular complexity index is 170. The van der Waals surface area contributed by atoms with E-state index in [0.29, 0.717) is 0 Å². The molecule has 0 radical (unpaired) electrons. The van der Waals surface area contributed by atoms with E-state index in [1.165, 1.54) is 6.42 Å². The third kappa shape index (κ3) is 7.70. The molecule has 0 heterocycles. The van der Waals surface area contributed by atoms with Gasteiger partial charge in [-0.05, 0) is 12.3 Å². The Balaban J connectivity index is 0.000000261. The fourth-order valence-corrected chi connectivity index (χ4v) is 0.892. The zero-order chi connectivity index (χ0) is 9.56. The van der Waals surface area contributed by atoms with E-state index in [0.717, 1.165) is 5.92 Å². The summed E-state index contributed by atoms with van der Waals surface area (Å²) in [5, 5.41) is 0. The fourth-order valence-electron chi connectivity index (χ4n) is 0.892. The van der Waals surface area contributed by atoms with Gasteiger partial charge in [0.2, 0.25) is 0 Å². The van der Waals surface area contributed by atoms with Crippen molar-refractivity contribution < 1.29 is 14.7 Å². The van der Waals surface area contributed by atoms with Crippen LogP contribution in [0.3, 0.4) is 0 Å². The molecule has 1 aliphatic rings. The Morgan fingerprint density at radius 3 is 2.00 bits per heavy atom. The van der Waals surface area contributed by atoms with Crippen molar-refractivity contribution in [3.05, 3.63) is 23.8 Å². The van der Waals surface area contributed by atoms with Crippen LogP contribution in [0.1, 0.15) is 20.3 Å². The zero-order valence-electron chi connectivity index (χ0n) is 7.15. The first-order valence-corrected chi connectivity index (χ1v) is 10.2. The third-order valence-corrected chi connectivity index (χ3v) is 1.54. The van der Waals surface area contributed by atoms with Crippen molar-refractivity contribution in [2.24, 2.45) is 5.92 Å². The maximum atomic E-state index is 4.97. The zero-order valence-corrected chi connectivity index (χ0v) is 11.0. The van der Waals surface area contributed by atoms with Gasteiger partial charge in [-0.2, -0.15) is 0 Å². The van der Waals surface area contributed by atoms with E-state index in [4.69, 9.17) is 27.9 Å². The van der Waals surface area contributed by atoms with Crippen LogP contribution in [-0.4, -0.2) is 0 Å². The topological polar surface area (TPSA) is 0 Å². The molecule has 4 heteroatoms. The number of halogens is 3. The van der Waals surface area contributed by atoms with E-state index < -0.39 is 14.7 Å². The standard InChI is InChI=1S/C8H12.3ClH.Ti/c1-7(2)8-5-3-4-6-8;;;;/h3-5,7H,6H2,1-2H3;3*1H;/q;;;;+3/p-3. The molecule has 0 nitrogen and oxygen atoms in total. The molecule has 0 saturated heterocycles. The van der Waals surface area contributed by atoms with Gasteiger partial charge in [0.15, 0.2) is 0 Å². The molecular formula is C8H12Cl3Ti. The van der Waals surface area contributed by atoms with Crippen LogP contribution >= 0.6 is 27.9 Å². The molecule has 0 bridgehead atoms. The molecule has 0 aliphatic heterocycles. The predicted octanol–water partition coefficient (Wildman–Crippen LogP) is 4.59. The molecule has 0 saturated carbocycles. The van der Waals surface area contributed by atoms with Crippen LogP contribution in [0.15, 0.2) is 23.8 Å². The van der Waals surface area contributed by atoms with Gasteiger partial charge in [0.1, 0.15) is 0 Å². The van der Waals surface area contributed by atoms with E-state index in [2.05, 4.69) is 32.1 Å². The molecule has 0 unspecified atom stereocenters. The minimum atomic E-state index is -1.92. The summed E-state index contributed by atoms with van der Waals surface area (Å²) in [6, 6.07) is 0. The second-order valence-corrected chi connectivity index (χ2v) is 10.5. The number of allylic oxidation sites excluding steroid dienone is 4. The summed E-state index contributed by atoms with van der Waals surface area (Å²) in [7, 11) is 14.9. The van der Waals surface area contributed by atoms with Gasteiger partial charge in [-0.25, -0.2) is 0 Å². The van der Waals surface area contributed by atoms with Crippen molar-refractivity contribution in [3.63, 3.8) is 0 Å². The van der Waals surface area contributed by atoms with E-state index in [1.54, 1.807) is 5.57 Å². The van der Waals surface area contributed by atoms with Crippen LogP contribution in [0.5, 0.6) is 0 Å². The van der Waals surface area contributed by atoms with Crippen LogP contribution in [0.25, 0.3) is 0 Å². The second-order valence-electron chi connectivity index (χ2n) is 2.74. The van der Waals surface area contributed by atoms with Crippen molar-refractivity contribution in [1.82, 2.24) is 0 Å². The van der Waals surface area contributed by atoms with E-state index in [9.17, 15) is 0 Å². The molecule has 0 aromatic rings. The van der Waals surface area contributed by atoms with E-state index in [-0.39, 0.29) is 0 Å². The summed E-state index contributed by atoms with van der Waals surface area (Å²) in [6.45, 7) is 4.47. The van der Waals surface area contributed by atoms with Gasteiger partial charge in [-0.3, -0.25) is 0 Å². The van der Waals surface area contributed by atoms with Gasteiger partial charge in [0, 0.05) is 0 Å². The van der Waals surface area contributed by atoms with Crippen LogP contribution in [0.4, 0.5) is 0 Å². The molecule has 0 atom stereocenters. The van der Waals surface area contributed by atoms with Crippen molar-refractivity contribution in [2.75, 3.05) is 0 Å². The predicted molar refractivity (Wildman–Crippen MR) is 54.2 cm³/mol. The molecule has 12 heavy (non-hydrogen) atoms. The van der Waals surface area contributed by atoms with Crippen LogP contribution in [0.2, 0.25) is 0 Å². The Morgan fingerprint density at radius 2 is 1.83 bits per heavy atom. The van der Waals surface area contributed by atoms with E-state index in [1.807, 2.05) is 0 Å². The molecule has 0 fully saturated rings. The molecule has 0 N–H and O–H groups in total. The number of hydrogen-bond acceptors (Lipinski definition) is 0. The molecule has 1 rings (SSSR count). The SMILES string of the molecule is CC(C)C1=CC=CC1.[Cl][Ti]([Cl])[Cl]. The summed E-state index contributed by atoms with van der Waals surface area (Å²) in [5.74, 6) is 0.741. The first kappa shape index (κ1) is 13.1. The molecule has 0 aromatic heterocycles. The Hall–Kier alpha value is 1.06. The Morgan fingerprint density at radius 1 is 1.33 bits per heavy atom. The molecule has 69 valence electrons. The normalized spacial score (nSPS) is 14.0. The van der Waals surface area contributed by atoms with Gasteiger partial charge in [0.05, 0.1) is 0 Å². The Labute approximate surface area is 92.0 Å². The number of rotatable bonds is 1. The molecule has 1 aliphatic carbocycles. The third-order valence-electron chi connectivity index (χ3n) is 1.54. The van der Waals surface area contributed by atoms with Gasteiger partial charge >= 0.3 is 42.6 Å². The van der Waals surface area contributed by atoms with Crippen LogP contribution in [0, 0.1) is 5.92 Å². The van der Waals surface area contributed by atoms with Gasteiger partial charge < -0.3 is 0 Å². The Kier molecular flexibility index (Phi) is 8.13. The average Bonchev–Trinajstić information content (AvgIpc) is 2.34. The van der Waals surface area contributed by atoms with E-state index >= 15 is 0 Å². The fraction of sp³-hybridized carbons (Fsp3) is 0.500. The second kappa shape index (κ2) is 7.47. The monoisotopic (exact) mass is 261 g/mol. The summed E-state index contributed by atoms with van der Waals surface area (Å²) in [4.78, 5) is 0. The molecule has 0 spiro atoms. The van der Waals surface area contributed by atoms with Crippen molar-refractivity contribution in [1.29, 1.82) is 0 Å². The number of hydrogen-bond donors (Lipinski definition) is 0. The molecule has 0 amide bonds. The quantitative estimate of drug-likeness (QED) is 0.606. The molecular weight excluding hydrogens is 250 g/mol. The first-order chi connectivity index (χ1) is 5.54. The average molecular weight is 262 g/mol. The van der Waals surface area contributed by atoms with Crippen molar-refractivity contribution in [2.45, 2.75) is 20.3 Å². The molecule has 0 aromatic carbocycles. The minimum absolute atomic E-state index is 0.741. The summed E-state index contributed by atoms with van der Waals surface area (Å²) >= 11 is -1.92. The van der Waals surface area contributed by atoms with Gasteiger partial charge in [0.25, 0.3) is 0 Å². The van der Waals surface area contributed by atoms with Gasteiger partial charge in [-0.1, -0.05) is 37.6 Å². The van der Waals surface area contributed by atoms with Crippen molar-refractivity contribution >= 4 is 27.9 Å². The summed E-state index contributed by atoms with van der Waals surface area (Å²) in [6.07, 6.45) is 7.73. The van der Waals surface area contributed by atoms with Gasteiger partial charge in [-0.15, -0.1) is 0 Å². The first-order valence-electron chi connectivity index (χ1n) is 3.73. The van der Waals surface area contributed by atoms with Crippen LogP contribution < -0.4 is 0 Å². The maximum absolute atomic E-state index is 4.97. The van der Waals surface area contributed by atoms with Crippen LogP contribution in [-0.2, 0) is 14.7 Å².